The number of aromatic nitrogens is 5. The molecule has 29 heavy (non-hydrogen) atoms. The van der Waals surface area contributed by atoms with Crippen LogP contribution in [-0.4, -0.2) is 43.2 Å². The van der Waals surface area contributed by atoms with E-state index < -0.39 is 0 Å². The summed E-state index contributed by atoms with van der Waals surface area (Å²) in [6.07, 6.45) is 4.59. The third kappa shape index (κ3) is 3.59. The van der Waals surface area contributed by atoms with Crippen LogP contribution in [0, 0.1) is 13.8 Å². The Bertz CT molecular complexity index is 1060. The maximum absolute atomic E-state index is 13.2. The van der Waals surface area contributed by atoms with E-state index in [4.69, 9.17) is 0 Å². The fourth-order valence-corrected chi connectivity index (χ4v) is 4.77. The first-order chi connectivity index (χ1) is 14.0. The van der Waals surface area contributed by atoms with Crippen molar-refractivity contribution < 1.29 is 0 Å². The minimum atomic E-state index is -0.269. The number of nitrogens with one attached hydrogen (secondary N) is 1. The number of fused-ring (bicyclic) bond motifs is 1. The van der Waals surface area contributed by atoms with Crippen molar-refractivity contribution in [2.24, 2.45) is 0 Å². The molecule has 3 aromatic rings. The molecule has 0 radical (unpaired) electrons. The van der Waals surface area contributed by atoms with Crippen LogP contribution in [0.15, 0.2) is 23.0 Å². The molecule has 0 amide bonds. The van der Waals surface area contributed by atoms with Gasteiger partial charge in [0.05, 0.1) is 6.04 Å². The van der Waals surface area contributed by atoms with Crippen LogP contribution >= 0.6 is 0 Å². The van der Waals surface area contributed by atoms with E-state index in [0.717, 1.165) is 53.8 Å². The highest BCUT2D eigenvalue weighted by Gasteiger charge is 2.32. The molecule has 0 saturated heterocycles. The molecule has 1 fully saturated rings. The Kier molecular flexibility index (Phi) is 5.50. The van der Waals surface area contributed by atoms with Crippen LogP contribution in [0.2, 0.25) is 0 Å². The van der Waals surface area contributed by atoms with E-state index in [1.54, 1.807) is 0 Å². The van der Waals surface area contributed by atoms with Gasteiger partial charge in [-0.2, -0.15) is 0 Å². The summed E-state index contributed by atoms with van der Waals surface area (Å²) in [4.78, 5) is 18.6. The average Bonchev–Trinajstić information content (AvgIpc) is 3.37. The van der Waals surface area contributed by atoms with Gasteiger partial charge in [0.25, 0.3) is 5.56 Å². The molecule has 7 nitrogen and oxygen atoms in total. The van der Waals surface area contributed by atoms with E-state index in [2.05, 4.69) is 52.2 Å². The van der Waals surface area contributed by atoms with Crippen LogP contribution in [0.4, 0.5) is 0 Å². The SMILES string of the molecule is CCN(CC)C(c1cc2c(C)cc(C)cc2[nH]c1=O)c1nnnn1C1CCCC1. The fourth-order valence-electron chi connectivity index (χ4n) is 4.77. The maximum atomic E-state index is 13.2. The van der Waals surface area contributed by atoms with Gasteiger partial charge in [-0.05, 0) is 73.5 Å². The van der Waals surface area contributed by atoms with Gasteiger partial charge in [-0.25, -0.2) is 4.68 Å². The minimum Gasteiger partial charge on any atom is -0.322 e. The van der Waals surface area contributed by atoms with Crippen LogP contribution < -0.4 is 5.56 Å². The molecule has 2 aromatic heterocycles. The van der Waals surface area contributed by atoms with E-state index >= 15 is 0 Å². The molecule has 1 aliphatic carbocycles. The summed E-state index contributed by atoms with van der Waals surface area (Å²) < 4.78 is 1.97. The molecule has 0 bridgehead atoms. The number of tetrazole rings is 1. The number of pyridine rings is 1. The Morgan fingerprint density at radius 1 is 1.17 bits per heavy atom. The van der Waals surface area contributed by atoms with Crippen molar-refractivity contribution in [3.05, 3.63) is 51.1 Å². The molecule has 0 spiro atoms. The normalized spacial score (nSPS) is 16.2. The first-order valence-electron chi connectivity index (χ1n) is 10.7. The highest BCUT2D eigenvalue weighted by Crippen LogP contribution is 2.33. The van der Waals surface area contributed by atoms with Gasteiger partial charge in [-0.15, -0.1) is 5.10 Å². The number of hydrogen-bond acceptors (Lipinski definition) is 5. The van der Waals surface area contributed by atoms with Gasteiger partial charge in [-0.1, -0.05) is 32.8 Å². The first kappa shape index (κ1) is 19.8. The highest BCUT2D eigenvalue weighted by atomic mass is 16.1. The van der Waals surface area contributed by atoms with Crippen LogP contribution in [0.1, 0.15) is 74.1 Å². The number of benzene rings is 1. The van der Waals surface area contributed by atoms with Crippen LogP contribution in [0.25, 0.3) is 10.9 Å². The molecule has 1 aliphatic rings. The summed E-state index contributed by atoms with van der Waals surface area (Å²) in [5.74, 6) is 0.773. The van der Waals surface area contributed by atoms with Crippen molar-refractivity contribution in [2.75, 3.05) is 13.1 Å². The van der Waals surface area contributed by atoms with Gasteiger partial charge >= 0.3 is 0 Å². The molecule has 1 saturated carbocycles. The van der Waals surface area contributed by atoms with E-state index in [1.807, 2.05) is 23.7 Å². The molecular formula is C22H30N6O. The van der Waals surface area contributed by atoms with Gasteiger partial charge in [-0.3, -0.25) is 9.69 Å². The highest BCUT2D eigenvalue weighted by molar-refractivity contribution is 5.83. The van der Waals surface area contributed by atoms with Crippen molar-refractivity contribution in [3.8, 4) is 0 Å². The molecule has 1 aromatic carbocycles. The molecule has 154 valence electrons. The quantitative estimate of drug-likeness (QED) is 0.690. The Hall–Kier alpha value is -2.54. The second-order valence-electron chi connectivity index (χ2n) is 8.14. The third-order valence-corrected chi connectivity index (χ3v) is 6.25. The number of aryl methyl sites for hydroxylation is 2. The molecule has 7 heteroatoms. The van der Waals surface area contributed by atoms with Crippen LogP contribution in [0.3, 0.4) is 0 Å². The molecule has 4 rings (SSSR count). The Labute approximate surface area is 171 Å². The number of aromatic amines is 1. The Morgan fingerprint density at radius 2 is 1.90 bits per heavy atom. The summed E-state index contributed by atoms with van der Waals surface area (Å²) in [6, 6.07) is 6.28. The fraction of sp³-hybridized carbons (Fsp3) is 0.545. The zero-order valence-corrected chi connectivity index (χ0v) is 17.8. The summed E-state index contributed by atoms with van der Waals surface area (Å²) in [6.45, 7) is 9.99. The summed E-state index contributed by atoms with van der Waals surface area (Å²) in [5, 5.41) is 13.8. The zero-order valence-electron chi connectivity index (χ0n) is 17.8. The second kappa shape index (κ2) is 8.06. The monoisotopic (exact) mass is 394 g/mol. The van der Waals surface area contributed by atoms with Crippen molar-refractivity contribution in [1.29, 1.82) is 0 Å². The number of rotatable bonds is 6. The van der Waals surface area contributed by atoms with Gasteiger partial charge in [0.2, 0.25) is 0 Å². The van der Waals surface area contributed by atoms with Crippen molar-refractivity contribution >= 4 is 10.9 Å². The molecular weight excluding hydrogens is 364 g/mol. The van der Waals surface area contributed by atoms with Gasteiger partial charge in [0.15, 0.2) is 5.82 Å². The topological polar surface area (TPSA) is 79.7 Å². The number of hydrogen-bond donors (Lipinski definition) is 1. The van der Waals surface area contributed by atoms with Gasteiger partial charge in [0.1, 0.15) is 6.04 Å². The zero-order chi connectivity index (χ0) is 20.5. The number of H-pyrrole nitrogens is 1. The van der Waals surface area contributed by atoms with Gasteiger partial charge < -0.3 is 4.98 Å². The standard InChI is InChI=1S/C22H30N6O/c1-5-27(6-2)20(21-24-25-26-28(21)16-9-7-8-10-16)18-13-17-15(4)11-14(3)12-19(17)23-22(18)29/h11-13,16,20H,5-10H2,1-4H3,(H,23,29). The van der Waals surface area contributed by atoms with Crippen LogP contribution in [0.5, 0.6) is 0 Å². The van der Waals surface area contributed by atoms with Crippen LogP contribution in [-0.2, 0) is 0 Å². The molecule has 2 heterocycles. The van der Waals surface area contributed by atoms with E-state index in [-0.39, 0.29) is 11.6 Å². The predicted octanol–water partition coefficient (Wildman–Crippen LogP) is 3.68. The predicted molar refractivity (Wildman–Crippen MR) is 114 cm³/mol. The maximum Gasteiger partial charge on any atom is 0.253 e. The Balaban J connectivity index is 1.91. The lowest BCUT2D eigenvalue weighted by Crippen LogP contribution is -2.35. The van der Waals surface area contributed by atoms with Crippen molar-refractivity contribution in [1.82, 2.24) is 30.1 Å². The van der Waals surface area contributed by atoms with Crippen molar-refractivity contribution in [2.45, 2.75) is 65.5 Å². The summed E-state index contributed by atoms with van der Waals surface area (Å²) >= 11 is 0. The largest absolute Gasteiger partial charge is 0.322 e. The minimum absolute atomic E-state index is 0.0691. The molecule has 1 unspecified atom stereocenters. The average molecular weight is 395 g/mol. The molecule has 0 aliphatic heterocycles. The van der Waals surface area contributed by atoms with E-state index in [1.165, 1.54) is 12.8 Å². The second-order valence-corrected chi connectivity index (χ2v) is 8.14. The van der Waals surface area contributed by atoms with E-state index in [0.29, 0.717) is 11.6 Å². The smallest absolute Gasteiger partial charge is 0.253 e. The molecule has 1 N–H and O–H groups in total. The van der Waals surface area contributed by atoms with E-state index in [9.17, 15) is 4.79 Å². The summed E-state index contributed by atoms with van der Waals surface area (Å²) in [7, 11) is 0. The third-order valence-electron chi connectivity index (χ3n) is 6.25. The lowest BCUT2D eigenvalue weighted by Gasteiger charge is -2.29. The van der Waals surface area contributed by atoms with Crippen molar-refractivity contribution in [3.63, 3.8) is 0 Å². The lowest BCUT2D eigenvalue weighted by atomic mass is 9.99. The first-order valence-corrected chi connectivity index (χ1v) is 10.7. The summed E-state index contributed by atoms with van der Waals surface area (Å²) in [5.41, 5.74) is 3.82. The van der Waals surface area contributed by atoms with Gasteiger partial charge in [0, 0.05) is 16.5 Å². The Morgan fingerprint density at radius 3 is 2.59 bits per heavy atom. The lowest BCUT2D eigenvalue weighted by molar-refractivity contribution is 0.230. The molecule has 1 atom stereocenters. The number of nitrogens with zero attached hydrogens (tertiary/aromatic N) is 5.